The van der Waals surface area contributed by atoms with E-state index >= 15 is 0 Å². The molecule has 0 fully saturated rings. The molecule has 3 aromatic carbocycles. The number of hydrogen-bond donors (Lipinski definition) is 2. The summed E-state index contributed by atoms with van der Waals surface area (Å²) >= 11 is 0. The fraction of sp³-hybridized carbons (Fsp3) is 0.250. The van der Waals surface area contributed by atoms with E-state index in [0.29, 0.717) is 17.0 Å². The molecule has 3 aromatic rings. The van der Waals surface area contributed by atoms with Crippen molar-refractivity contribution in [1.82, 2.24) is 0 Å². The first kappa shape index (κ1) is 20.4. The number of ether oxygens (including phenoxy) is 1. The monoisotopic (exact) mass is 391 g/mol. The first-order valence-corrected chi connectivity index (χ1v) is 9.84. The van der Waals surface area contributed by atoms with Crippen molar-refractivity contribution in [1.29, 1.82) is 0 Å². The molecule has 0 atom stereocenters. The molecule has 5 heteroatoms. The third-order valence-electron chi connectivity index (χ3n) is 4.71. The van der Waals surface area contributed by atoms with Crippen LogP contribution in [0.4, 0.5) is 5.69 Å². The minimum Gasteiger partial charge on any atom is -0.482 e. The molecular formula is C24H25NO4. The smallest absolute Gasteiger partial charge is 0.341 e. The van der Waals surface area contributed by atoms with Gasteiger partial charge in [-0.05, 0) is 47.4 Å². The number of anilines is 1. The van der Waals surface area contributed by atoms with Crippen molar-refractivity contribution in [2.45, 2.75) is 32.6 Å². The second-order valence-corrected chi connectivity index (χ2v) is 6.98. The van der Waals surface area contributed by atoms with Gasteiger partial charge in [-0.2, -0.15) is 0 Å². The second kappa shape index (κ2) is 9.73. The van der Waals surface area contributed by atoms with Crippen LogP contribution in [0.5, 0.6) is 5.75 Å². The average Bonchev–Trinajstić information content (AvgIpc) is 2.72. The van der Waals surface area contributed by atoms with E-state index in [4.69, 9.17) is 9.84 Å². The molecule has 0 saturated heterocycles. The number of carboxylic acid groups (broad SMARTS) is 1. The topological polar surface area (TPSA) is 75.6 Å². The van der Waals surface area contributed by atoms with Crippen molar-refractivity contribution in [3.05, 3.63) is 71.8 Å². The maximum atomic E-state index is 12.9. The lowest BCUT2D eigenvalue weighted by Gasteiger charge is -2.11. The van der Waals surface area contributed by atoms with E-state index in [2.05, 4.69) is 24.4 Å². The molecule has 0 aromatic heterocycles. The molecule has 29 heavy (non-hydrogen) atoms. The summed E-state index contributed by atoms with van der Waals surface area (Å²) in [7, 11) is 0. The van der Waals surface area contributed by atoms with Crippen LogP contribution in [0.1, 0.15) is 42.1 Å². The minimum absolute atomic E-state index is 0.218. The highest BCUT2D eigenvalue weighted by Gasteiger charge is 2.11. The zero-order chi connectivity index (χ0) is 20.6. The highest BCUT2D eigenvalue weighted by molar-refractivity contribution is 6.13. The van der Waals surface area contributed by atoms with Crippen LogP contribution in [0, 0.1) is 0 Å². The highest BCUT2D eigenvalue weighted by Crippen LogP contribution is 2.24. The van der Waals surface area contributed by atoms with Crippen LogP contribution in [0.25, 0.3) is 10.8 Å². The van der Waals surface area contributed by atoms with Gasteiger partial charge in [-0.1, -0.05) is 56.2 Å². The Kier molecular flexibility index (Phi) is 6.85. The molecule has 150 valence electrons. The van der Waals surface area contributed by atoms with Gasteiger partial charge in [-0.3, -0.25) is 4.79 Å². The number of carbonyl (C=O) groups excluding carboxylic acids is 1. The van der Waals surface area contributed by atoms with Gasteiger partial charge in [0.15, 0.2) is 6.61 Å². The maximum absolute atomic E-state index is 12.9. The molecular weight excluding hydrogens is 366 g/mol. The van der Waals surface area contributed by atoms with E-state index in [-0.39, 0.29) is 5.91 Å². The fourth-order valence-corrected chi connectivity index (χ4v) is 3.27. The Morgan fingerprint density at radius 3 is 2.62 bits per heavy atom. The van der Waals surface area contributed by atoms with Crippen LogP contribution >= 0.6 is 0 Å². The summed E-state index contributed by atoms with van der Waals surface area (Å²) in [6.07, 6.45) is 4.63. The zero-order valence-corrected chi connectivity index (χ0v) is 16.5. The first-order valence-electron chi connectivity index (χ1n) is 9.84. The van der Waals surface area contributed by atoms with Crippen LogP contribution in [0.2, 0.25) is 0 Å². The summed E-state index contributed by atoms with van der Waals surface area (Å²) in [6.45, 7) is 1.76. The van der Waals surface area contributed by atoms with E-state index in [1.807, 2.05) is 18.2 Å². The third kappa shape index (κ3) is 5.57. The predicted molar refractivity (Wildman–Crippen MR) is 115 cm³/mol. The SMILES string of the molecule is CCCCCc1ccc2c(C(=O)Nc3cccc(OCC(=O)O)c3)cccc2c1. The van der Waals surface area contributed by atoms with E-state index < -0.39 is 12.6 Å². The summed E-state index contributed by atoms with van der Waals surface area (Å²) < 4.78 is 5.17. The number of rotatable bonds is 9. The van der Waals surface area contributed by atoms with Gasteiger partial charge >= 0.3 is 5.97 Å². The Balaban J connectivity index is 1.77. The summed E-state index contributed by atoms with van der Waals surface area (Å²) in [4.78, 5) is 23.5. The summed E-state index contributed by atoms with van der Waals surface area (Å²) in [5.74, 6) is -0.881. The van der Waals surface area contributed by atoms with Crippen LogP contribution in [0.3, 0.4) is 0 Å². The number of benzene rings is 3. The number of aliphatic carboxylic acids is 1. The van der Waals surface area contributed by atoms with Crippen molar-refractivity contribution in [3.63, 3.8) is 0 Å². The van der Waals surface area contributed by atoms with Gasteiger partial charge in [0, 0.05) is 17.3 Å². The summed E-state index contributed by atoms with van der Waals surface area (Å²) in [5.41, 5.74) is 2.43. The lowest BCUT2D eigenvalue weighted by Crippen LogP contribution is -2.13. The molecule has 0 heterocycles. The number of carboxylic acids is 1. The molecule has 0 spiro atoms. The molecule has 1 amide bonds. The normalized spacial score (nSPS) is 10.7. The molecule has 0 unspecified atom stereocenters. The number of hydrogen-bond acceptors (Lipinski definition) is 3. The Hall–Kier alpha value is -3.34. The second-order valence-electron chi connectivity index (χ2n) is 6.98. The fourth-order valence-electron chi connectivity index (χ4n) is 3.27. The zero-order valence-electron chi connectivity index (χ0n) is 16.5. The van der Waals surface area contributed by atoms with Crippen LogP contribution in [-0.4, -0.2) is 23.6 Å². The molecule has 0 radical (unpaired) electrons. The predicted octanol–water partition coefficient (Wildman–Crippen LogP) is 5.29. The first-order chi connectivity index (χ1) is 14.1. The highest BCUT2D eigenvalue weighted by atomic mass is 16.5. The molecule has 0 aliphatic carbocycles. The Morgan fingerprint density at radius 2 is 1.83 bits per heavy atom. The van der Waals surface area contributed by atoms with Crippen LogP contribution in [0.15, 0.2) is 60.7 Å². The standard InChI is InChI=1S/C24H25NO4/c1-2-3-4-7-17-12-13-21-18(14-17)8-5-11-22(21)24(28)25-19-9-6-10-20(15-19)29-16-23(26)27/h5-6,8-15H,2-4,7,16H2,1H3,(H,25,28)(H,26,27). The van der Waals surface area contributed by atoms with Crippen LogP contribution < -0.4 is 10.1 Å². The van der Waals surface area contributed by atoms with Gasteiger partial charge in [0.25, 0.3) is 5.91 Å². The van der Waals surface area contributed by atoms with E-state index in [1.165, 1.54) is 24.8 Å². The lowest BCUT2D eigenvalue weighted by atomic mass is 9.99. The van der Waals surface area contributed by atoms with Crippen molar-refractivity contribution < 1.29 is 19.4 Å². The Morgan fingerprint density at radius 1 is 1.00 bits per heavy atom. The van der Waals surface area contributed by atoms with E-state index in [0.717, 1.165) is 17.2 Å². The molecule has 0 aliphatic rings. The van der Waals surface area contributed by atoms with Gasteiger partial charge < -0.3 is 15.2 Å². The molecule has 0 aliphatic heterocycles. The van der Waals surface area contributed by atoms with Crippen molar-refractivity contribution in [2.75, 3.05) is 11.9 Å². The molecule has 5 nitrogen and oxygen atoms in total. The third-order valence-corrected chi connectivity index (χ3v) is 4.71. The maximum Gasteiger partial charge on any atom is 0.341 e. The number of aryl methyl sites for hydroxylation is 1. The Labute approximate surface area is 170 Å². The lowest BCUT2D eigenvalue weighted by molar-refractivity contribution is -0.139. The number of unbranched alkanes of at least 4 members (excludes halogenated alkanes) is 2. The molecule has 2 N–H and O–H groups in total. The summed E-state index contributed by atoms with van der Waals surface area (Å²) in [5, 5.41) is 13.5. The number of amides is 1. The van der Waals surface area contributed by atoms with E-state index in [9.17, 15) is 9.59 Å². The molecule has 0 saturated carbocycles. The number of carbonyl (C=O) groups is 2. The van der Waals surface area contributed by atoms with Crippen LogP contribution in [-0.2, 0) is 11.2 Å². The molecule has 3 rings (SSSR count). The van der Waals surface area contributed by atoms with Gasteiger partial charge in [-0.25, -0.2) is 4.79 Å². The van der Waals surface area contributed by atoms with Crippen molar-refractivity contribution >= 4 is 28.3 Å². The Bertz CT molecular complexity index is 1010. The van der Waals surface area contributed by atoms with Gasteiger partial charge in [0.05, 0.1) is 0 Å². The van der Waals surface area contributed by atoms with Gasteiger partial charge in [0.2, 0.25) is 0 Å². The number of nitrogens with one attached hydrogen (secondary N) is 1. The average molecular weight is 391 g/mol. The quantitative estimate of drug-likeness (QED) is 0.486. The van der Waals surface area contributed by atoms with E-state index in [1.54, 1.807) is 30.3 Å². The summed E-state index contributed by atoms with van der Waals surface area (Å²) in [6, 6.07) is 18.7. The molecule has 0 bridgehead atoms. The minimum atomic E-state index is -1.05. The van der Waals surface area contributed by atoms with Gasteiger partial charge in [-0.15, -0.1) is 0 Å². The van der Waals surface area contributed by atoms with Gasteiger partial charge in [0.1, 0.15) is 5.75 Å². The van der Waals surface area contributed by atoms with Crippen molar-refractivity contribution in [3.8, 4) is 5.75 Å². The van der Waals surface area contributed by atoms with Crippen molar-refractivity contribution in [2.24, 2.45) is 0 Å². The largest absolute Gasteiger partial charge is 0.482 e. The number of fused-ring (bicyclic) bond motifs is 1.